The van der Waals surface area contributed by atoms with Gasteiger partial charge in [-0.3, -0.25) is 14.5 Å². The summed E-state index contributed by atoms with van der Waals surface area (Å²) < 4.78 is 15.7. The van der Waals surface area contributed by atoms with Crippen LogP contribution in [0.25, 0.3) is 0 Å². The van der Waals surface area contributed by atoms with Crippen LogP contribution in [0.1, 0.15) is 0 Å². The van der Waals surface area contributed by atoms with E-state index in [1.54, 1.807) is 36.4 Å². The van der Waals surface area contributed by atoms with Crippen molar-refractivity contribution in [3.8, 4) is 17.2 Å². The van der Waals surface area contributed by atoms with Gasteiger partial charge in [0.15, 0.2) is 6.61 Å². The normalized spacial score (nSPS) is 12.9. The van der Waals surface area contributed by atoms with Crippen LogP contribution in [0.2, 0.25) is 0 Å². The second kappa shape index (κ2) is 7.12. The molecule has 1 aliphatic heterocycles. The van der Waals surface area contributed by atoms with E-state index in [2.05, 4.69) is 5.32 Å². The highest BCUT2D eigenvalue weighted by atomic mass is 16.5. The van der Waals surface area contributed by atoms with Crippen molar-refractivity contribution in [2.75, 3.05) is 37.6 Å². The zero-order valence-corrected chi connectivity index (χ0v) is 13.9. The summed E-state index contributed by atoms with van der Waals surface area (Å²) in [5.41, 5.74) is 1.10. The highest BCUT2D eigenvalue weighted by Crippen LogP contribution is 2.31. The fourth-order valence-electron chi connectivity index (χ4n) is 2.55. The first-order chi connectivity index (χ1) is 12.1. The van der Waals surface area contributed by atoms with Crippen LogP contribution in [-0.4, -0.2) is 39.2 Å². The second-order valence-corrected chi connectivity index (χ2v) is 5.39. The zero-order chi connectivity index (χ0) is 17.8. The molecule has 7 heteroatoms. The maximum absolute atomic E-state index is 12.4. The number of rotatable bonds is 5. The van der Waals surface area contributed by atoms with Crippen molar-refractivity contribution in [1.82, 2.24) is 0 Å². The summed E-state index contributed by atoms with van der Waals surface area (Å²) in [6.45, 7) is -0.198. The van der Waals surface area contributed by atoms with Gasteiger partial charge in [-0.1, -0.05) is 12.1 Å². The van der Waals surface area contributed by atoms with Gasteiger partial charge in [0.05, 0.1) is 19.9 Å². The van der Waals surface area contributed by atoms with Crippen LogP contribution >= 0.6 is 0 Å². The number of benzene rings is 2. The van der Waals surface area contributed by atoms with Crippen molar-refractivity contribution in [2.24, 2.45) is 0 Å². The number of carbonyl (C=O) groups is 2. The molecule has 0 saturated heterocycles. The molecule has 0 fully saturated rings. The van der Waals surface area contributed by atoms with Crippen molar-refractivity contribution in [2.45, 2.75) is 0 Å². The number of fused-ring (bicyclic) bond motifs is 1. The van der Waals surface area contributed by atoms with Crippen molar-refractivity contribution in [1.29, 1.82) is 0 Å². The lowest BCUT2D eigenvalue weighted by atomic mass is 10.2. The molecule has 1 heterocycles. The van der Waals surface area contributed by atoms with Crippen molar-refractivity contribution < 1.29 is 23.8 Å². The first-order valence-corrected chi connectivity index (χ1v) is 7.66. The Morgan fingerprint density at radius 2 is 1.84 bits per heavy atom. The molecule has 0 saturated carbocycles. The van der Waals surface area contributed by atoms with E-state index in [1.807, 2.05) is 6.07 Å². The summed E-state index contributed by atoms with van der Waals surface area (Å²) in [5, 5.41) is 2.76. The van der Waals surface area contributed by atoms with Crippen LogP contribution in [0, 0.1) is 0 Å². The standard InChI is InChI=1S/C18H18N2O5/c1-23-13-7-12(8-14(9-13)24-2)19-17(21)10-20-15-5-3-4-6-16(15)25-11-18(20)22/h3-9H,10-11H2,1-2H3,(H,19,21). The van der Waals surface area contributed by atoms with Gasteiger partial charge in [-0.25, -0.2) is 0 Å². The van der Waals surface area contributed by atoms with Gasteiger partial charge in [0, 0.05) is 23.9 Å². The number of carbonyl (C=O) groups excluding carboxylic acids is 2. The van der Waals surface area contributed by atoms with E-state index < -0.39 is 0 Å². The number of hydrogen-bond acceptors (Lipinski definition) is 5. The number of anilines is 2. The third-order valence-electron chi connectivity index (χ3n) is 3.75. The molecular formula is C18H18N2O5. The van der Waals surface area contributed by atoms with Gasteiger partial charge in [-0.15, -0.1) is 0 Å². The molecule has 2 amide bonds. The lowest BCUT2D eigenvalue weighted by Crippen LogP contribution is -2.43. The molecule has 0 bridgehead atoms. The van der Waals surface area contributed by atoms with Gasteiger partial charge < -0.3 is 19.5 Å². The Morgan fingerprint density at radius 1 is 1.16 bits per heavy atom. The molecule has 0 spiro atoms. The summed E-state index contributed by atoms with van der Waals surface area (Å²) in [5.74, 6) is 1.10. The van der Waals surface area contributed by atoms with Gasteiger partial charge in [0.25, 0.3) is 5.91 Å². The lowest BCUT2D eigenvalue weighted by Gasteiger charge is -2.28. The Balaban J connectivity index is 1.76. The van der Waals surface area contributed by atoms with E-state index in [0.717, 1.165) is 0 Å². The zero-order valence-electron chi connectivity index (χ0n) is 13.9. The van der Waals surface area contributed by atoms with Crippen molar-refractivity contribution in [3.05, 3.63) is 42.5 Å². The van der Waals surface area contributed by atoms with E-state index in [1.165, 1.54) is 19.1 Å². The average Bonchev–Trinajstić information content (AvgIpc) is 2.63. The number of amides is 2. The first-order valence-electron chi connectivity index (χ1n) is 7.66. The number of ether oxygens (including phenoxy) is 3. The molecule has 0 aromatic heterocycles. The molecule has 0 atom stereocenters. The van der Waals surface area contributed by atoms with E-state index in [4.69, 9.17) is 14.2 Å². The van der Waals surface area contributed by atoms with Gasteiger partial charge >= 0.3 is 0 Å². The fraction of sp³-hybridized carbons (Fsp3) is 0.222. The molecule has 7 nitrogen and oxygen atoms in total. The summed E-state index contributed by atoms with van der Waals surface area (Å²) in [7, 11) is 3.06. The highest BCUT2D eigenvalue weighted by molar-refractivity contribution is 6.05. The van der Waals surface area contributed by atoms with Crippen LogP contribution in [0.5, 0.6) is 17.2 Å². The third-order valence-corrected chi connectivity index (χ3v) is 3.75. The van der Waals surface area contributed by atoms with Gasteiger partial charge in [-0.2, -0.15) is 0 Å². The topological polar surface area (TPSA) is 77.1 Å². The Morgan fingerprint density at radius 3 is 2.52 bits per heavy atom. The Kier molecular flexibility index (Phi) is 4.74. The molecule has 130 valence electrons. The maximum atomic E-state index is 12.4. The minimum Gasteiger partial charge on any atom is -0.497 e. The number of nitrogens with one attached hydrogen (secondary N) is 1. The molecule has 2 aromatic rings. The number of nitrogens with zero attached hydrogens (tertiary/aromatic N) is 1. The minimum atomic E-state index is -0.333. The highest BCUT2D eigenvalue weighted by Gasteiger charge is 2.27. The molecule has 0 radical (unpaired) electrons. The number of hydrogen-bond donors (Lipinski definition) is 1. The van der Waals surface area contributed by atoms with Gasteiger partial charge in [0.2, 0.25) is 5.91 Å². The monoisotopic (exact) mass is 342 g/mol. The molecule has 0 aliphatic carbocycles. The molecule has 2 aromatic carbocycles. The molecule has 0 unspecified atom stereocenters. The first kappa shape index (κ1) is 16.6. The summed E-state index contributed by atoms with van der Waals surface area (Å²) >= 11 is 0. The average molecular weight is 342 g/mol. The minimum absolute atomic E-state index is 0.0860. The third kappa shape index (κ3) is 3.65. The summed E-state index contributed by atoms with van der Waals surface area (Å²) in [4.78, 5) is 25.9. The SMILES string of the molecule is COc1cc(NC(=O)CN2C(=O)COc3ccccc32)cc(OC)c1. The predicted octanol–water partition coefficient (Wildman–Crippen LogP) is 2.07. The van der Waals surface area contributed by atoms with Crippen LogP contribution < -0.4 is 24.4 Å². The number of para-hydroxylation sites is 2. The maximum Gasteiger partial charge on any atom is 0.265 e. The van der Waals surface area contributed by atoms with Crippen molar-refractivity contribution >= 4 is 23.2 Å². The molecule has 1 N–H and O–H groups in total. The van der Waals surface area contributed by atoms with E-state index in [9.17, 15) is 9.59 Å². The van der Waals surface area contributed by atoms with Crippen LogP contribution in [0.15, 0.2) is 42.5 Å². The quantitative estimate of drug-likeness (QED) is 0.900. The second-order valence-electron chi connectivity index (χ2n) is 5.39. The van der Waals surface area contributed by atoms with E-state index >= 15 is 0 Å². The van der Waals surface area contributed by atoms with Gasteiger partial charge in [0.1, 0.15) is 23.8 Å². The van der Waals surface area contributed by atoms with Crippen LogP contribution in [0.3, 0.4) is 0 Å². The van der Waals surface area contributed by atoms with Gasteiger partial charge in [-0.05, 0) is 12.1 Å². The summed E-state index contributed by atoms with van der Waals surface area (Å²) in [6, 6.07) is 12.2. The smallest absolute Gasteiger partial charge is 0.265 e. The molecule has 3 rings (SSSR count). The van der Waals surface area contributed by atoms with Crippen molar-refractivity contribution in [3.63, 3.8) is 0 Å². The van der Waals surface area contributed by atoms with Crippen LogP contribution in [-0.2, 0) is 9.59 Å². The Hall–Kier alpha value is -3.22. The molecule has 25 heavy (non-hydrogen) atoms. The Labute approximate surface area is 145 Å². The van der Waals surface area contributed by atoms with E-state index in [-0.39, 0.29) is 25.0 Å². The predicted molar refractivity (Wildman–Crippen MR) is 92.5 cm³/mol. The molecular weight excluding hydrogens is 324 g/mol. The fourth-order valence-corrected chi connectivity index (χ4v) is 2.55. The summed E-state index contributed by atoms with van der Waals surface area (Å²) in [6.07, 6.45) is 0. The largest absolute Gasteiger partial charge is 0.497 e. The lowest BCUT2D eigenvalue weighted by molar-refractivity contribution is -0.123. The molecule has 1 aliphatic rings. The van der Waals surface area contributed by atoms with E-state index in [0.29, 0.717) is 28.6 Å². The Bertz CT molecular complexity index is 784. The number of methoxy groups -OCH3 is 2. The van der Waals surface area contributed by atoms with Crippen LogP contribution in [0.4, 0.5) is 11.4 Å².